The van der Waals surface area contributed by atoms with Gasteiger partial charge >= 0.3 is 0 Å². The Kier molecular flexibility index (Phi) is 2.75. The number of rotatable bonds is 2. The van der Waals surface area contributed by atoms with Crippen LogP contribution in [0.25, 0.3) is 0 Å². The molecule has 3 nitrogen and oxygen atoms in total. The lowest BCUT2D eigenvalue weighted by Gasteiger charge is -2.08. The van der Waals surface area contributed by atoms with Gasteiger partial charge in [0.2, 0.25) is 0 Å². The Morgan fingerprint density at radius 1 is 1.58 bits per heavy atom. The smallest absolute Gasteiger partial charge is 0.132 e. The first-order valence-electron chi connectivity index (χ1n) is 3.79. The van der Waals surface area contributed by atoms with E-state index in [0.717, 1.165) is 11.3 Å². The number of aryl methyl sites for hydroxylation is 2. The topological polar surface area (TPSA) is 27.1 Å². The van der Waals surface area contributed by atoms with Gasteiger partial charge in [-0.15, -0.1) is 0 Å². The zero-order chi connectivity index (χ0) is 9.30. The summed E-state index contributed by atoms with van der Waals surface area (Å²) in [5.41, 5.74) is 1.90. The van der Waals surface area contributed by atoms with E-state index >= 15 is 0 Å². The monoisotopic (exact) mass is 188 g/mol. The molecule has 68 valence electrons. The Morgan fingerprint density at radius 2 is 2.17 bits per heavy atom. The number of methoxy groups -OCH3 is 1. The molecule has 0 aliphatic carbocycles. The van der Waals surface area contributed by atoms with Gasteiger partial charge in [-0.2, -0.15) is 5.10 Å². The lowest BCUT2D eigenvalue weighted by molar-refractivity contribution is 0.119. The van der Waals surface area contributed by atoms with Crippen LogP contribution in [0.4, 0.5) is 0 Å². The molecule has 1 heterocycles. The van der Waals surface area contributed by atoms with Crippen molar-refractivity contribution in [3.63, 3.8) is 0 Å². The number of hydrogen-bond acceptors (Lipinski definition) is 2. The molecule has 0 N–H and O–H groups in total. The highest BCUT2D eigenvalue weighted by Crippen LogP contribution is 2.27. The van der Waals surface area contributed by atoms with Crippen LogP contribution < -0.4 is 0 Å². The van der Waals surface area contributed by atoms with Gasteiger partial charge in [0.25, 0.3) is 0 Å². The number of halogens is 1. The van der Waals surface area contributed by atoms with E-state index in [1.165, 1.54) is 0 Å². The summed E-state index contributed by atoms with van der Waals surface area (Å²) < 4.78 is 6.83. The number of nitrogens with zero attached hydrogens (tertiary/aromatic N) is 2. The third kappa shape index (κ3) is 1.47. The molecule has 0 aliphatic heterocycles. The van der Waals surface area contributed by atoms with Crippen molar-refractivity contribution in [2.45, 2.75) is 20.0 Å². The van der Waals surface area contributed by atoms with E-state index in [9.17, 15) is 0 Å². The van der Waals surface area contributed by atoms with Crippen molar-refractivity contribution < 1.29 is 4.74 Å². The Labute approximate surface area is 77.3 Å². The number of ether oxygens (including phenoxy) is 1. The minimum absolute atomic E-state index is 0.00574. The largest absolute Gasteiger partial charge is 0.377 e. The standard InChI is InChI=1S/C8H13ClN2O/c1-5-7(6(2)12-4)8(9)11(3)10-5/h6H,1-4H3. The molecule has 12 heavy (non-hydrogen) atoms. The van der Waals surface area contributed by atoms with Gasteiger partial charge < -0.3 is 4.74 Å². The Bertz CT molecular complexity index is 283. The molecule has 1 atom stereocenters. The van der Waals surface area contributed by atoms with E-state index in [4.69, 9.17) is 16.3 Å². The van der Waals surface area contributed by atoms with Gasteiger partial charge in [-0.05, 0) is 13.8 Å². The average Bonchev–Trinajstić information content (AvgIpc) is 2.26. The van der Waals surface area contributed by atoms with Gasteiger partial charge in [0.1, 0.15) is 5.15 Å². The third-order valence-corrected chi connectivity index (χ3v) is 2.40. The molecule has 1 unspecified atom stereocenters. The summed E-state index contributed by atoms with van der Waals surface area (Å²) in [6.45, 7) is 3.88. The molecule has 0 aliphatic rings. The van der Waals surface area contributed by atoms with Crippen LogP contribution in [0.5, 0.6) is 0 Å². The van der Waals surface area contributed by atoms with Gasteiger partial charge in [0.05, 0.1) is 11.8 Å². The summed E-state index contributed by atoms with van der Waals surface area (Å²) in [7, 11) is 3.48. The molecule has 0 fully saturated rings. The predicted molar refractivity (Wildman–Crippen MR) is 48.4 cm³/mol. The number of hydrogen-bond donors (Lipinski definition) is 0. The van der Waals surface area contributed by atoms with Crippen LogP contribution in [0.3, 0.4) is 0 Å². The van der Waals surface area contributed by atoms with Crippen molar-refractivity contribution in [2.75, 3.05) is 7.11 Å². The Balaban J connectivity index is 3.13. The summed E-state index contributed by atoms with van der Waals surface area (Å²) in [6.07, 6.45) is 0.00574. The van der Waals surface area contributed by atoms with Crippen LogP contribution in [0, 0.1) is 6.92 Å². The van der Waals surface area contributed by atoms with Gasteiger partial charge in [-0.1, -0.05) is 11.6 Å². The minimum atomic E-state index is 0.00574. The summed E-state index contributed by atoms with van der Waals surface area (Å²) in [5.74, 6) is 0. The molecular weight excluding hydrogens is 176 g/mol. The van der Waals surface area contributed by atoms with Crippen LogP contribution in [0.1, 0.15) is 24.3 Å². The van der Waals surface area contributed by atoms with Gasteiger partial charge in [-0.25, -0.2) is 0 Å². The van der Waals surface area contributed by atoms with E-state index in [1.54, 1.807) is 11.8 Å². The summed E-state index contributed by atoms with van der Waals surface area (Å²) >= 11 is 6.01. The minimum Gasteiger partial charge on any atom is -0.377 e. The Hall–Kier alpha value is -0.540. The van der Waals surface area contributed by atoms with Crippen LogP contribution >= 0.6 is 11.6 Å². The molecule has 0 radical (unpaired) electrons. The molecule has 4 heteroatoms. The SMILES string of the molecule is COC(C)c1c(C)nn(C)c1Cl. The molecular formula is C8H13ClN2O. The average molecular weight is 189 g/mol. The maximum Gasteiger partial charge on any atom is 0.132 e. The summed E-state index contributed by atoms with van der Waals surface area (Å²) in [5, 5.41) is 4.84. The highest BCUT2D eigenvalue weighted by atomic mass is 35.5. The van der Waals surface area contributed by atoms with Crippen molar-refractivity contribution in [1.29, 1.82) is 0 Å². The fourth-order valence-electron chi connectivity index (χ4n) is 1.23. The second kappa shape index (κ2) is 3.46. The van der Waals surface area contributed by atoms with Gasteiger partial charge in [-0.3, -0.25) is 4.68 Å². The van der Waals surface area contributed by atoms with E-state index in [1.807, 2.05) is 20.9 Å². The summed E-state index contributed by atoms with van der Waals surface area (Å²) in [4.78, 5) is 0. The maximum atomic E-state index is 6.01. The summed E-state index contributed by atoms with van der Waals surface area (Å²) in [6, 6.07) is 0. The zero-order valence-electron chi connectivity index (χ0n) is 7.76. The molecule has 1 rings (SSSR count). The van der Waals surface area contributed by atoms with E-state index in [0.29, 0.717) is 5.15 Å². The Morgan fingerprint density at radius 3 is 2.50 bits per heavy atom. The predicted octanol–water partition coefficient (Wildman–Crippen LogP) is 2.09. The highest BCUT2D eigenvalue weighted by Gasteiger charge is 2.16. The van der Waals surface area contributed by atoms with Gasteiger partial charge in [0.15, 0.2) is 0 Å². The van der Waals surface area contributed by atoms with Crippen LogP contribution in [-0.2, 0) is 11.8 Å². The molecule has 0 bridgehead atoms. The van der Waals surface area contributed by atoms with Crippen molar-refractivity contribution in [3.05, 3.63) is 16.4 Å². The molecule has 0 saturated carbocycles. The second-order valence-corrected chi connectivity index (χ2v) is 3.15. The first-order chi connectivity index (χ1) is 5.57. The lowest BCUT2D eigenvalue weighted by Crippen LogP contribution is -1.97. The van der Waals surface area contributed by atoms with Gasteiger partial charge in [0, 0.05) is 19.7 Å². The van der Waals surface area contributed by atoms with Crippen LogP contribution in [0.2, 0.25) is 5.15 Å². The third-order valence-electron chi connectivity index (χ3n) is 1.96. The van der Waals surface area contributed by atoms with Crippen molar-refractivity contribution in [2.24, 2.45) is 7.05 Å². The van der Waals surface area contributed by atoms with E-state index < -0.39 is 0 Å². The number of aromatic nitrogens is 2. The quantitative estimate of drug-likeness (QED) is 0.711. The second-order valence-electron chi connectivity index (χ2n) is 2.79. The zero-order valence-corrected chi connectivity index (χ0v) is 8.51. The van der Waals surface area contributed by atoms with Crippen LogP contribution in [0.15, 0.2) is 0 Å². The fourth-order valence-corrected chi connectivity index (χ4v) is 1.55. The lowest BCUT2D eigenvalue weighted by atomic mass is 10.2. The molecule has 1 aromatic heterocycles. The molecule has 0 saturated heterocycles. The molecule has 0 spiro atoms. The van der Waals surface area contributed by atoms with E-state index in [-0.39, 0.29) is 6.10 Å². The first kappa shape index (κ1) is 9.55. The normalized spacial score (nSPS) is 13.4. The molecule has 0 aromatic carbocycles. The first-order valence-corrected chi connectivity index (χ1v) is 4.17. The van der Waals surface area contributed by atoms with Crippen molar-refractivity contribution in [1.82, 2.24) is 9.78 Å². The van der Waals surface area contributed by atoms with Crippen LogP contribution in [-0.4, -0.2) is 16.9 Å². The van der Waals surface area contributed by atoms with Crippen molar-refractivity contribution >= 4 is 11.6 Å². The maximum absolute atomic E-state index is 6.01. The highest BCUT2D eigenvalue weighted by molar-refractivity contribution is 6.30. The van der Waals surface area contributed by atoms with Crippen molar-refractivity contribution in [3.8, 4) is 0 Å². The van der Waals surface area contributed by atoms with E-state index in [2.05, 4.69) is 5.10 Å². The molecule has 0 amide bonds. The molecule has 1 aromatic rings. The fraction of sp³-hybridized carbons (Fsp3) is 0.625.